The molecule has 8 heteroatoms. The topological polar surface area (TPSA) is 100 Å². The Labute approximate surface area is 151 Å². The lowest BCUT2D eigenvalue weighted by Gasteiger charge is -2.28. The molecule has 1 aliphatic rings. The molecule has 2 N–H and O–H groups in total. The zero-order chi connectivity index (χ0) is 18.5. The van der Waals surface area contributed by atoms with Crippen LogP contribution in [0, 0.1) is 5.92 Å². The first-order chi connectivity index (χ1) is 12.6. The average Bonchev–Trinajstić information content (AvgIpc) is 3.27. The molecule has 138 valence electrons. The number of carbonyl (C=O) groups is 2. The first kappa shape index (κ1) is 17.9. The van der Waals surface area contributed by atoms with E-state index in [-0.39, 0.29) is 30.2 Å². The summed E-state index contributed by atoms with van der Waals surface area (Å²) in [5, 5.41) is 9.05. The maximum Gasteiger partial charge on any atom is 0.232 e. The number of anilines is 1. The van der Waals surface area contributed by atoms with Crippen LogP contribution in [-0.2, 0) is 9.59 Å². The average molecular weight is 357 g/mol. The van der Waals surface area contributed by atoms with E-state index in [9.17, 15) is 9.59 Å². The van der Waals surface area contributed by atoms with E-state index in [4.69, 9.17) is 4.74 Å². The molecule has 2 atom stereocenters. The molecule has 2 aromatic rings. The van der Waals surface area contributed by atoms with E-state index in [1.54, 1.807) is 7.11 Å². The minimum atomic E-state index is -0.488. The van der Waals surface area contributed by atoms with Crippen molar-refractivity contribution in [3.63, 3.8) is 0 Å². The summed E-state index contributed by atoms with van der Waals surface area (Å²) in [5.74, 6) is 0.286. The fourth-order valence-corrected chi connectivity index (χ4v) is 3.31. The number of ether oxygens (including phenoxy) is 1. The third-order valence-electron chi connectivity index (χ3n) is 4.64. The van der Waals surface area contributed by atoms with Crippen LogP contribution in [0.1, 0.15) is 37.8 Å². The first-order valence-electron chi connectivity index (χ1n) is 8.73. The summed E-state index contributed by atoms with van der Waals surface area (Å²) in [7, 11) is 1.61. The van der Waals surface area contributed by atoms with Crippen LogP contribution in [0.3, 0.4) is 0 Å². The minimum absolute atomic E-state index is 0.00279. The minimum Gasteiger partial charge on any atom is -0.497 e. The Morgan fingerprint density at radius 2 is 2.15 bits per heavy atom. The zero-order valence-corrected chi connectivity index (χ0v) is 14.9. The van der Waals surface area contributed by atoms with Gasteiger partial charge < -0.3 is 9.64 Å². The van der Waals surface area contributed by atoms with Crippen LogP contribution in [0.25, 0.3) is 0 Å². The Hall–Kier alpha value is -2.90. The maximum absolute atomic E-state index is 12.8. The van der Waals surface area contributed by atoms with Gasteiger partial charge in [-0.3, -0.25) is 14.9 Å². The predicted octanol–water partition coefficient (Wildman–Crippen LogP) is 2.14. The number of methoxy groups -OCH3 is 1. The lowest BCUT2D eigenvalue weighted by molar-refractivity contribution is -0.129. The molecule has 1 saturated heterocycles. The number of nitrogens with zero attached hydrogens (tertiary/aromatic N) is 3. The second-order valence-electron chi connectivity index (χ2n) is 6.29. The number of hydrogen-bond donors (Lipinski definition) is 2. The number of H-pyrrole nitrogens is 1. The molecule has 2 amide bonds. The van der Waals surface area contributed by atoms with Crippen molar-refractivity contribution in [1.82, 2.24) is 20.1 Å². The van der Waals surface area contributed by atoms with Crippen LogP contribution in [0.2, 0.25) is 0 Å². The number of hydrogen-bond acceptors (Lipinski definition) is 5. The van der Waals surface area contributed by atoms with Gasteiger partial charge in [-0.05, 0) is 24.1 Å². The van der Waals surface area contributed by atoms with Crippen molar-refractivity contribution in [3.05, 3.63) is 36.2 Å². The van der Waals surface area contributed by atoms with Gasteiger partial charge in [0.15, 0.2) is 0 Å². The number of nitrogens with one attached hydrogen (secondary N) is 2. The highest BCUT2D eigenvalue weighted by Gasteiger charge is 2.44. The molecule has 0 bridgehead atoms. The Kier molecular flexibility index (Phi) is 5.50. The standard InChI is InChI=1S/C18H23N5O3/c1-3-4-9-23-15(24)10-14(17(25)21-18-19-11-20-22-18)16(23)12-5-7-13(26-2)8-6-12/h5-8,11,14,16H,3-4,9-10H2,1-2H3,(H2,19,20,21,22,25). The molecule has 3 rings (SSSR count). The van der Waals surface area contributed by atoms with E-state index in [1.807, 2.05) is 29.2 Å². The van der Waals surface area contributed by atoms with Crippen LogP contribution in [-0.4, -0.2) is 45.6 Å². The number of benzene rings is 1. The summed E-state index contributed by atoms with van der Waals surface area (Å²) in [6.45, 7) is 2.72. The van der Waals surface area contributed by atoms with Gasteiger partial charge in [0, 0.05) is 13.0 Å². The van der Waals surface area contributed by atoms with Crippen LogP contribution < -0.4 is 10.1 Å². The van der Waals surface area contributed by atoms with Crippen molar-refractivity contribution >= 4 is 17.8 Å². The highest BCUT2D eigenvalue weighted by molar-refractivity contribution is 5.97. The fourth-order valence-electron chi connectivity index (χ4n) is 3.31. The number of amides is 2. The Morgan fingerprint density at radius 1 is 1.38 bits per heavy atom. The second kappa shape index (κ2) is 7.99. The largest absolute Gasteiger partial charge is 0.497 e. The molecule has 2 heterocycles. The van der Waals surface area contributed by atoms with Gasteiger partial charge in [-0.1, -0.05) is 25.5 Å². The molecular formula is C18H23N5O3. The molecule has 1 aromatic carbocycles. The number of unbranched alkanes of at least 4 members (excludes halogenated alkanes) is 1. The molecule has 0 aliphatic carbocycles. The summed E-state index contributed by atoms with van der Waals surface area (Å²) in [5.41, 5.74) is 0.922. The number of aromatic nitrogens is 3. The monoisotopic (exact) mass is 357 g/mol. The van der Waals surface area contributed by atoms with E-state index < -0.39 is 5.92 Å². The van der Waals surface area contributed by atoms with Crippen LogP contribution in [0.4, 0.5) is 5.95 Å². The molecule has 1 aliphatic heterocycles. The Balaban J connectivity index is 1.87. The molecule has 0 radical (unpaired) electrons. The molecular weight excluding hydrogens is 334 g/mol. The predicted molar refractivity (Wildman–Crippen MR) is 95.5 cm³/mol. The number of aromatic amines is 1. The van der Waals surface area contributed by atoms with Gasteiger partial charge in [0.1, 0.15) is 12.1 Å². The van der Waals surface area contributed by atoms with Gasteiger partial charge >= 0.3 is 0 Å². The Bertz CT molecular complexity index is 745. The third kappa shape index (κ3) is 3.68. The molecule has 26 heavy (non-hydrogen) atoms. The normalized spacial score (nSPS) is 19.6. The van der Waals surface area contributed by atoms with E-state index in [0.29, 0.717) is 6.54 Å². The highest BCUT2D eigenvalue weighted by Crippen LogP contribution is 2.39. The van der Waals surface area contributed by atoms with Gasteiger partial charge in [-0.2, -0.15) is 10.1 Å². The van der Waals surface area contributed by atoms with Crippen LogP contribution in [0.5, 0.6) is 5.75 Å². The van der Waals surface area contributed by atoms with Crippen LogP contribution >= 0.6 is 0 Å². The van der Waals surface area contributed by atoms with Crippen molar-refractivity contribution in [2.75, 3.05) is 19.0 Å². The van der Waals surface area contributed by atoms with Gasteiger partial charge in [0.2, 0.25) is 17.8 Å². The number of likely N-dealkylation sites (tertiary alicyclic amines) is 1. The molecule has 0 saturated carbocycles. The Morgan fingerprint density at radius 3 is 2.77 bits per heavy atom. The smallest absolute Gasteiger partial charge is 0.232 e. The number of rotatable bonds is 7. The molecule has 2 unspecified atom stereocenters. The highest BCUT2D eigenvalue weighted by atomic mass is 16.5. The maximum atomic E-state index is 12.8. The van der Waals surface area contributed by atoms with Crippen molar-refractivity contribution in [2.24, 2.45) is 5.92 Å². The van der Waals surface area contributed by atoms with Crippen molar-refractivity contribution in [3.8, 4) is 5.75 Å². The summed E-state index contributed by atoms with van der Waals surface area (Å²) in [4.78, 5) is 31.1. The summed E-state index contributed by atoms with van der Waals surface area (Å²) >= 11 is 0. The first-order valence-corrected chi connectivity index (χ1v) is 8.73. The molecule has 0 spiro atoms. The third-order valence-corrected chi connectivity index (χ3v) is 4.64. The summed E-state index contributed by atoms with van der Waals surface area (Å²) in [6.07, 6.45) is 3.38. The zero-order valence-electron chi connectivity index (χ0n) is 14.9. The van der Waals surface area contributed by atoms with Crippen molar-refractivity contribution in [2.45, 2.75) is 32.2 Å². The van der Waals surface area contributed by atoms with E-state index >= 15 is 0 Å². The van der Waals surface area contributed by atoms with Gasteiger partial charge in [0.05, 0.1) is 19.1 Å². The summed E-state index contributed by atoms with van der Waals surface area (Å²) in [6, 6.07) is 7.22. The van der Waals surface area contributed by atoms with E-state index in [0.717, 1.165) is 24.2 Å². The molecule has 1 fully saturated rings. The van der Waals surface area contributed by atoms with Crippen molar-refractivity contribution in [1.29, 1.82) is 0 Å². The second-order valence-corrected chi connectivity index (χ2v) is 6.29. The molecule has 8 nitrogen and oxygen atoms in total. The molecule has 1 aromatic heterocycles. The fraction of sp³-hybridized carbons (Fsp3) is 0.444. The van der Waals surface area contributed by atoms with Crippen molar-refractivity contribution < 1.29 is 14.3 Å². The van der Waals surface area contributed by atoms with Crippen LogP contribution in [0.15, 0.2) is 30.6 Å². The van der Waals surface area contributed by atoms with Gasteiger partial charge in [-0.15, -0.1) is 0 Å². The van der Waals surface area contributed by atoms with E-state index in [2.05, 4.69) is 27.4 Å². The number of carbonyl (C=O) groups excluding carboxylic acids is 2. The lowest BCUT2D eigenvalue weighted by Crippen LogP contribution is -2.33. The lowest BCUT2D eigenvalue weighted by atomic mass is 9.92. The SMILES string of the molecule is CCCCN1C(=O)CC(C(=O)Nc2ncn[nH]2)C1c1ccc(OC)cc1. The van der Waals surface area contributed by atoms with E-state index in [1.165, 1.54) is 6.33 Å². The summed E-state index contributed by atoms with van der Waals surface area (Å²) < 4.78 is 5.21. The van der Waals surface area contributed by atoms with Gasteiger partial charge in [-0.25, -0.2) is 5.10 Å². The van der Waals surface area contributed by atoms with Gasteiger partial charge in [0.25, 0.3) is 0 Å². The quantitative estimate of drug-likeness (QED) is 0.791.